The standard InChI is InChI=1S/C13H20N2O2S/c1-2-18(16,17)13-7-5-12(6-8-13)15-9-3-4-11(14)10-15/h5-8,11H,2-4,9-10,14H2,1H3. The van der Waals surface area contributed by atoms with E-state index in [1.165, 1.54) is 0 Å². The largest absolute Gasteiger partial charge is 0.370 e. The predicted molar refractivity (Wildman–Crippen MR) is 73.6 cm³/mol. The minimum atomic E-state index is -3.10. The summed E-state index contributed by atoms with van der Waals surface area (Å²) in [5.74, 6) is 0.140. The molecule has 1 saturated heterocycles. The van der Waals surface area contributed by atoms with Gasteiger partial charge < -0.3 is 10.6 Å². The van der Waals surface area contributed by atoms with Crippen LogP contribution in [0.3, 0.4) is 0 Å². The number of rotatable bonds is 3. The van der Waals surface area contributed by atoms with Gasteiger partial charge in [0.15, 0.2) is 9.84 Å². The molecule has 5 heteroatoms. The number of piperidine rings is 1. The van der Waals surface area contributed by atoms with Crippen LogP contribution in [0.1, 0.15) is 19.8 Å². The Bertz CT molecular complexity index is 496. The number of sulfone groups is 1. The summed E-state index contributed by atoms with van der Waals surface area (Å²) in [6.07, 6.45) is 2.16. The maximum absolute atomic E-state index is 11.7. The molecule has 0 saturated carbocycles. The monoisotopic (exact) mass is 268 g/mol. The summed E-state index contributed by atoms with van der Waals surface area (Å²) in [6, 6.07) is 7.35. The third-order valence-corrected chi connectivity index (χ3v) is 5.15. The van der Waals surface area contributed by atoms with Gasteiger partial charge in [-0.2, -0.15) is 0 Å². The number of nitrogens with zero attached hydrogens (tertiary/aromatic N) is 1. The highest BCUT2D eigenvalue weighted by Crippen LogP contribution is 2.21. The molecule has 1 aliphatic heterocycles. The molecule has 100 valence electrons. The lowest BCUT2D eigenvalue weighted by Crippen LogP contribution is -2.42. The van der Waals surface area contributed by atoms with E-state index in [4.69, 9.17) is 5.73 Å². The number of hydrogen-bond donors (Lipinski definition) is 1. The third-order valence-electron chi connectivity index (χ3n) is 3.40. The van der Waals surface area contributed by atoms with E-state index in [2.05, 4.69) is 4.90 Å². The lowest BCUT2D eigenvalue weighted by Gasteiger charge is -2.32. The van der Waals surface area contributed by atoms with Crippen LogP contribution in [0.4, 0.5) is 5.69 Å². The van der Waals surface area contributed by atoms with Crippen LogP contribution in [-0.4, -0.2) is 33.3 Å². The van der Waals surface area contributed by atoms with Gasteiger partial charge in [0.1, 0.15) is 0 Å². The minimum Gasteiger partial charge on any atom is -0.370 e. The van der Waals surface area contributed by atoms with Gasteiger partial charge in [-0.05, 0) is 37.1 Å². The summed E-state index contributed by atoms with van der Waals surface area (Å²) in [7, 11) is -3.10. The minimum absolute atomic E-state index is 0.140. The molecule has 0 radical (unpaired) electrons. The molecule has 0 aliphatic carbocycles. The molecule has 1 heterocycles. The van der Waals surface area contributed by atoms with Crippen molar-refractivity contribution in [1.82, 2.24) is 0 Å². The summed E-state index contributed by atoms with van der Waals surface area (Å²) in [5, 5.41) is 0. The van der Waals surface area contributed by atoms with Gasteiger partial charge in [-0.3, -0.25) is 0 Å². The van der Waals surface area contributed by atoms with Crippen LogP contribution in [0.5, 0.6) is 0 Å². The van der Waals surface area contributed by atoms with Gasteiger partial charge in [0.2, 0.25) is 0 Å². The van der Waals surface area contributed by atoms with Crippen molar-refractivity contribution in [1.29, 1.82) is 0 Å². The van der Waals surface area contributed by atoms with Gasteiger partial charge in [-0.15, -0.1) is 0 Å². The average Bonchev–Trinajstić information content (AvgIpc) is 2.39. The molecule has 0 aromatic heterocycles. The number of anilines is 1. The van der Waals surface area contributed by atoms with Crippen LogP contribution in [0.25, 0.3) is 0 Å². The summed E-state index contributed by atoms with van der Waals surface area (Å²) in [4.78, 5) is 2.62. The second kappa shape index (κ2) is 5.28. The summed E-state index contributed by atoms with van der Waals surface area (Å²) in [5.41, 5.74) is 7.00. The van der Waals surface area contributed by atoms with Crippen molar-refractivity contribution in [3.63, 3.8) is 0 Å². The Labute approximate surface area is 109 Å². The van der Waals surface area contributed by atoms with Crippen LogP contribution < -0.4 is 10.6 Å². The van der Waals surface area contributed by atoms with Crippen LogP contribution in [0.2, 0.25) is 0 Å². The van der Waals surface area contributed by atoms with Gasteiger partial charge in [-0.1, -0.05) is 6.92 Å². The van der Waals surface area contributed by atoms with E-state index in [-0.39, 0.29) is 11.8 Å². The van der Waals surface area contributed by atoms with E-state index in [0.717, 1.165) is 31.6 Å². The Morgan fingerprint density at radius 3 is 2.56 bits per heavy atom. The van der Waals surface area contributed by atoms with E-state index in [9.17, 15) is 8.42 Å². The number of hydrogen-bond acceptors (Lipinski definition) is 4. The topological polar surface area (TPSA) is 63.4 Å². The SMILES string of the molecule is CCS(=O)(=O)c1ccc(N2CCCC(N)C2)cc1. The van der Waals surface area contributed by atoms with Gasteiger partial charge in [0.25, 0.3) is 0 Å². The molecule has 1 aromatic rings. The van der Waals surface area contributed by atoms with Gasteiger partial charge in [0.05, 0.1) is 10.6 Å². The predicted octanol–water partition coefficient (Wildman–Crippen LogP) is 1.41. The lowest BCUT2D eigenvalue weighted by atomic mass is 10.1. The van der Waals surface area contributed by atoms with Crippen LogP contribution >= 0.6 is 0 Å². The Morgan fingerprint density at radius 2 is 2.00 bits per heavy atom. The molecular formula is C13H20N2O2S. The molecule has 1 aliphatic rings. The normalized spacial score (nSPS) is 21.0. The van der Waals surface area contributed by atoms with E-state index in [0.29, 0.717) is 4.90 Å². The first-order valence-corrected chi connectivity index (χ1v) is 8.01. The quantitative estimate of drug-likeness (QED) is 0.900. The first-order valence-electron chi connectivity index (χ1n) is 6.36. The molecule has 4 nitrogen and oxygen atoms in total. The zero-order chi connectivity index (χ0) is 13.2. The fraction of sp³-hybridized carbons (Fsp3) is 0.538. The molecule has 1 atom stereocenters. The highest BCUT2D eigenvalue weighted by atomic mass is 32.2. The maximum atomic E-state index is 11.7. The van der Waals surface area contributed by atoms with Crippen LogP contribution in [-0.2, 0) is 9.84 Å². The van der Waals surface area contributed by atoms with Crippen molar-refractivity contribution >= 4 is 15.5 Å². The van der Waals surface area contributed by atoms with Crippen molar-refractivity contribution in [3.8, 4) is 0 Å². The Balaban J connectivity index is 2.17. The molecule has 0 spiro atoms. The van der Waals surface area contributed by atoms with Crippen molar-refractivity contribution in [2.75, 3.05) is 23.7 Å². The zero-order valence-electron chi connectivity index (χ0n) is 10.7. The van der Waals surface area contributed by atoms with Crippen LogP contribution in [0, 0.1) is 0 Å². The van der Waals surface area contributed by atoms with Crippen molar-refractivity contribution in [2.24, 2.45) is 5.73 Å². The van der Waals surface area contributed by atoms with E-state index < -0.39 is 9.84 Å². The molecule has 0 amide bonds. The third kappa shape index (κ3) is 2.84. The molecule has 2 rings (SSSR count). The second-order valence-corrected chi connectivity index (χ2v) is 7.02. The van der Waals surface area contributed by atoms with Crippen LogP contribution in [0.15, 0.2) is 29.2 Å². The molecule has 18 heavy (non-hydrogen) atoms. The summed E-state index contributed by atoms with van der Waals surface area (Å²) < 4.78 is 23.4. The van der Waals surface area contributed by atoms with E-state index in [1.807, 2.05) is 12.1 Å². The second-order valence-electron chi connectivity index (χ2n) is 4.75. The summed E-state index contributed by atoms with van der Waals surface area (Å²) in [6.45, 7) is 3.50. The Morgan fingerprint density at radius 1 is 1.33 bits per heavy atom. The Kier molecular flexibility index (Phi) is 3.92. The summed E-state index contributed by atoms with van der Waals surface area (Å²) >= 11 is 0. The van der Waals surface area contributed by atoms with Gasteiger partial charge >= 0.3 is 0 Å². The van der Waals surface area contributed by atoms with Gasteiger partial charge in [-0.25, -0.2) is 8.42 Å². The number of nitrogens with two attached hydrogens (primary N) is 1. The molecule has 0 bridgehead atoms. The molecule has 1 unspecified atom stereocenters. The molecule has 1 aromatic carbocycles. The highest BCUT2D eigenvalue weighted by molar-refractivity contribution is 7.91. The lowest BCUT2D eigenvalue weighted by molar-refractivity contribution is 0.506. The fourth-order valence-corrected chi connectivity index (χ4v) is 3.16. The van der Waals surface area contributed by atoms with Crippen molar-refractivity contribution in [3.05, 3.63) is 24.3 Å². The van der Waals surface area contributed by atoms with Crippen molar-refractivity contribution in [2.45, 2.75) is 30.7 Å². The van der Waals surface area contributed by atoms with Crippen molar-refractivity contribution < 1.29 is 8.42 Å². The first kappa shape index (κ1) is 13.4. The molecular weight excluding hydrogens is 248 g/mol. The average molecular weight is 268 g/mol. The highest BCUT2D eigenvalue weighted by Gasteiger charge is 2.17. The molecule has 1 fully saturated rings. The maximum Gasteiger partial charge on any atom is 0.178 e. The molecule has 2 N–H and O–H groups in total. The zero-order valence-corrected chi connectivity index (χ0v) is 11.5. The van der Waals surface area contributed by atoms with E-state index >= 15 is 0 Å². The van der Waals surface area contributed by atoms with Gasteiger partial charge in [0, 0.05) is 24.8 Å². The smallest absolute Gasteiger partial charge is 0.178 e. The Hall–Kier alpha value is -1.07. The van der Waals surface area contributed by atoms with E-state index in [1.54, 1.807) is 19.1 Å². The first-order chi connectivity index (χ1) is 8.53. The number of benzene rings is 1. The fourth-order valence-electron chi connectivity index (χ4n) is 2.28.